The number of benzene rings is 1. The van der Waals surface area contributed by atoms with Crippen molar-refractivity contribution in [3.8, 4) is 11.5 Å². The smallest absolute Gasteiger partial charge is 0.331 e. The molecule has 1 aromatic carbocycles. The number of carboxylic acid groups (broad SMARTS) is 1. The first-order valence-electron chi connectivity index (χ1n) is 5.98. The number of phenolic OH excluding ortho intramolecular Hbond substituents is 1. The molecule has 0 fully saturated rings. The number of carbonyl (C=O) groups is 1. The molecule has 0 saturated carbocycles. The maximum atomic E-state index is 10.9. The number of rotatable bonds is 6. The summed E-state index contributed by atoms with van der Waals surface area (Å²) in [5.41, 5.74) is 1.03. The van der Waals surface area contributed by atoms with Gasteiger partial charge in [-0.1, -0.05) is 19.9 Å². The average molecular weight is 250 g/mol. The molecule has 2 N–H and O–H groups in total. The van der Waals surface area contributed by atoms with Crippen molar-refractivity contribution in [3.05, 3.63) is 29.3 Å². The molecule has 4 heteroatoms. The maximum Gasteiger partial charge on any atom is 0.331 e. The van der Waals surface area contributed by atoms with Gasteiger partial charge in [0.25, 0.3) is 0 Å². The molecular formula is C14H18O4. The van der Waals surface area contributed by atoms with E-state index in [1.54, 1.807) is 25.1 Å². The van der Waals surface area contributed by atoms with E-state index in [0.29, 0.717) is 29.9 Å². The quantitative estimate of drug-likeness (QED) is 0.761. The molecule has 98 valence electrons. The largest absolute Gasteiger partial charge is 0.504 e. The third-order valence-corrected chi connectivity index (χ3v) is 2.44. The third kappa shape index (κ3) is 3.80. The van der Waals surface area contributed by atoms with Crippen LogP contribution in [0, 0.1) is 0 Å². The number of aliphatic carboxylic acids is 1. The Kier molecular flexibility index (Phi) is 5.24. The van der Waals surface area contributed by atoms with Gasteiger partial charge < -0.3 is 14.9 Å². The Morgan fingerprint density at radius 2 is 2.11 bits per heavy atom. The van der Waals surface area contributed by atoms with Crippen LogP contribution in [0.4, 0.5) is 0 Å². The summed E-state index contributed by atoms with van der Waals surface area (Å²) in [6, 6.07) is 4.81. The highest BCUT2D eigenvalue weighted by atomic mass is 16.5. The second-order valence-corrected chi connectivity index (χ2v) is 3.90. The first kappa shape index (κ1) is 14.1. The first-order valence-corrected chi connectivity index (χ1v) is 5.98. The van der Waals surface area contributed by atoms with Crippen LogP contribution in [0.15, 0.2) is 23.8 Å². The molecule has 0 unspecified atom stereocenters. The lowest BCUT2D eigenvalue weighted by atomic mass is 10.1. The molecule has 0 aliphatic carbocycles. The average Bonchev–Trinajstić information content (AvgIpc) is 2.35. The van der Waals surface area contributed by atoms with Crippen LogP contribution in [0.5, 0.6) is 11.5 Å². The predicted octanol–water partition coefficient (Wildman–Crippen LogP) is 3.06. The lowest BCUT2D eigenvalue weighted by Crippen LogP contribution is -1.99. The Labute approximate surface area is 107 Å². The van der Waals surface area contributed by atoms with E-state index >= 15 is 0 Å². The second-order valence-electron chi connectivity index (χ2n) is 3.90. The molecule has 0 bridgehead atoms. The van der Waals surface area contributed by atoms with Crippen LogP contribution in [-0.2, 0) is 4.79 Å². The van der Waals surface area contributed by atoms with Gasteiger partial charge in [-0.25, -0.2) is 4.79 Å². The molecular weight excluding hydrogens is 232 g/mol. The van der Waals surface area contributed by atoms with E-state index in [2.05, 4.69) is 0 Å². The molecule has 0 heterocycles. The minimum absolute atomic E-state index is 0.0639. The van der Waals surface area contributed by atoms with E-state index in [9.17, 15) is 9.90 Å². The topological polar surface area (TPSA) is 66.8 Å². The van der Waals surface area contributed by atoms with Crippen LogP contribution >= 0.6 is 0 Å². The van der Waals surface area contributed by atoms with Crippen LogP contribution in [0.1, 0.15) is 32.3 Å². The fourth-order valence-electron chi connectivity index (χ4n) is 1.46. The van der Waals surface area contributed by atoms with Gasteiger partial charge in [0.1, 0.15) is 0 Å². The molecule has 0 spiro atoms. The zero-order valence-corrected chi connectivity index (χ0v) is 10.6. The minimum Gasteiger partial charge on any atom is -0.504 e. The summed E-state index contributed by atoms with van der Waals surface area (Å²) in [7, 11) is 0. The van der Waals surface area contributed by atoms with Gasteiger partial charge in [-0.15, -0.1) is 0 Å². The molecule has 0 amide bonds. The molecule has 1 rings (SSSR count). The monoisotopic (exact) mass is 250 g/mol. The highest BCUT2D eigenvalue weighted by molar-refractivity contribution is 5.92. The highest BCUT2D eigenvalue weighted by Gasteiger charge is 2.07. The highest BCUT2D eigenvalue weighted by Crippen LogP contribution is 2.28. The number of carboxylic acids is 1. The van der Waals surface area contributed by atoms with Crippen LogP contribution < -0.4 is 4.74 Å². The van der Waals surface area contributed by atoms with Crippen molar-refractivity contribution < 1.29 is 19.7 Å². The Morgan fingerprint density at radius 1 is 1.39 bits per heavy atom. The van der Waals surface area contributed by atoms with Gasteiger partial charge in [-0.05, 0) is 36.6 Å². The van der Waals surface area contributed by atoms with Crippen LogP contribution in [-0.4, -0.2) is 22.8 Å². The van der Waals surface area contributed by atoms with E-state index in [1.165, 1.54) is 6.07 Å². The van der Waals surface area contributed by atoms with E-state index < -0.39 is 5.97 Å². The Bertz CT molecular complexity index is 449. The van der Waals surface area contributed by atoms with E-state index in [1.807, 2.05) is 6.92 Å². The third-order valence-electron chi connectivity index (χ3n) is 2.44. The number of hydrogen-bond donors (Lipinski definition) is 2. The summed E-state index contributed by atoms with van der Waals surface area (Å²) >= 11 is 0. The van der Waals surface area contributed by atoms with Crippen molar-refractivity contribution >= 4 is 12.0 Å². The van der Waals surface area contributed by atoms with Crippen molar-refractivity contribution in [2.45, 2.75) is 26.7 Å². The van der Waals surface area contributed by atoms with Gasteiger partial charge in [0, 0.05) is 5.57 Å². The summed E-state index contributed by atoms with van der Waals surface area (Å²) in [6.45, 7) is 4.27. The molecule has 0 atom stereocenters. The van der Waals surface area contributed by atoms with Gasteiger partial charge in [0.15, 0.2) is 11.5 Å². The number of hydrogen-bond acceptors (Lipinski definition) is 3. The SMILES string of the molecule is CCCOc1cc(C=C(CC)C(=O)O)ccc1O. The Hall–Kier alpha value is -1.97. The Balaban J connectivity index is 3.00. The molecule has 1 aromatic rings. The molecule has 0 aliphatic heterocycles. The normalized spacial score (nSPS) is 11.3. The maximum absolute atomic E-state index is 10.9. The number of aromatic hydroxyl groups is 1. The zero-order valence-electron chi connectivity index (χ0n) is 10.6. The van der Waals surface area contributed by atoms with Crippen LogP contribution in [0.2, 0.25) is 0 Å². The first-order chi connectivity index (χ1) is 8.58. The summed E-state index contributed by atoms with van der Waals surface area (Å²) < 4.78 is 5.38. The van der Waals surface area contributed by atoms with Crippen LogP contribution in [0.25, 0.3) is 6.08 Å². The fourth-order valence-corrected chi connectivity index (χ4v) is 1.46. The van der Waals surface area contributed by atoms with E-state index in [4.69, 9.17) is 9.84 Å². The standard InChI is InChI=1S/C14H18O4/c1-3-7-18-13-9-10(5-6-12(13)15)8-11(4-2)14(16)17/h5-6,8-9,15H,3-4,7H2,1-2H3,(H,16,17). The summed E-state index contributed by atoms with van der Waals surface area (Å²) in [5.74, 6) is -0.484. The van der Waals surface area contributed by atoms with Crippen molar-refractivity contribution in [1.29, 1.82) is 0 Å². The molecule has 0 radical (unpaired) electrons. The lowest BCUT2D eigenvalue weighted by molar-refractivity contribution is -0.132. The second kappa shape index (κ2) is 6.69. The van der Waals surface area contributed by atoms with Crippen molar-refractivity contribution in [1.82, 2.24) is 0 Å². The molecule has 0 aromatic heterocycles. The molecule has 18 heavy (non-hydrogen) atoms. The van der Waals surface area contributed by atoms with Gasteiger partial charge in [0.2, 0.25) is 0 Å². The molecule has 0 saturated heterocycles. The van der Waals surface area contributed by atoms with Gasteiger partial charge in [-0.2, -0.15) is 0 Å². The van der Waals surface area contributed by atoms with Crippen molar-refractivity contribution in [2.24, 2.45) is 0 Å². The lowest BCUT2D eigenvalue weighted by Gasteiger charge is -2.08. The van der Waals surface area contributed by atoms with Crippen molar-refractivity contribution in [2.75, 3.05) is 6.61 Å². The van der Waals surface area contributed by atoms with Gasteiger partial charge in [0.05, 0.1) is 6.61 Å². The van der Waals surface area contributed by atoms with E-state index in [0.717, 1.165) is 6.42 Å². The number of phenols is 1. The van der Waals surface area contributed by atoms with E-state index in [-0.39, 0.29) is 5.75 Å². The van der Waals surface area contributed by atoms with Gasteiger partial charge in [-0.3, -0.25) is 0 Å². The minimum atomic E-state index is -0.929. The number of ether oxygens (including phenoxy) is 1. The summed E-state index contributed by atoms with van der Waals surface area (Å²) in [5, 5.41) is 18.6. The summed E-state index contributed by atoms with van der Waals surface area (Å²) in [4.78, 5) is 10.9. The van der Waals surface area contributed by atoms with Crippen LogP contribution in [0.3, 0.4) is 0 Å². The molecule has 0 aliphatic rings. The predicted molar refractivity (Wildman–Crippen MR) is 69.8 cm³/mol. The Morgan fingerprint density at radius 3 is 2.67 bits per heavy atom. The van der Waals surface area contributed by atoms with Crippen molar-refractivity contribution in [3.63, 3.8) is 0 Å². The zero-order chi connectivity index (χ0) is 13.5. The van der Waals surface area contributed by atoms with Gasteiger partial charge >= 0.3 is 5.97 Å². The molecule has 4 nitrogen and oxygen atoms in total. The summed E-state index contributed by atoms with van der Waals surface area (Å²) in [6.07, 6.45) is 2.87. The fraction of sp³-hybridized carbons (Fsp3) is 0.357.